The van der Waals surface area contributed by atoms with Gasteiger partial charge in [0.15, 0.2) is 0 Å². The molecule has 0 bridgehead atoms. The largest absolute Gasteiger partial charge is 0.480 e. The molecule has 0 aliphatic rings. The molecule has 3 N–H and O–H groups in total. The van der Waals surface area contributed by atoms with E-state index < -0.39 is 18.0 Å². The van der Waals surface area contributed by atoms with Crippen LogP contribution in [0.2, 0.25) is 10.0 Å². The summed E-state index contributed by atoms with van der Waals surface area (Å²) in [4.78, 5) is 22.8. The summed E-state index contributed by atoms with van der Waals surface area (Å²) in [6.07, 6.45) is 1.04. The van der Waals surface area contributed by atoms with Crippen LogP contribution in [0.5, 0.6) is 0 Å². The molecule has 0 aliphatic heterocycles. The first-order chi connectivity index (χ1) is 9.85. The second-order valence-electron chi connectivity index (χ2n) is 4.68. The second-order valence-corrected chi connectivity index (χ2v) is 5.53. The van der Waals surface area contributed by atoms with Crippen molar-refractivity contribution in [3.05, 3.63) is 33.8 Å². The molecule has 1 unspecified atom stereocenters. The van der Waals surface area contributed by atoms with Gasteiger partial charge in [0.2, 0.25) is 0 Å². The van der Waals surface area contributed by atoms with Crippen molar-refractivity contribution in [2.45, 2.75) is 38.8 Å². The van der Waals surface area contributed by atoms with Gasteiger partial charge in [-0.15, -0.1) is 0 Å². The fraction of sp³-hybridized carbons (Fsp3) is 0.429. The number of hydrogen-bond acceptors (Lipinski definition) is 2. The monoisotopic (exact) mass is 332 g/mol. The van der Waals surface area contributed by atoms with E-state index in [9.17, 15) is 9.59 Å². The number of urea groups is 1. The first-order valence-corrected chi connectivity index (χ1v) is 7.35. The van der Waals surface area contributed by atoms with Gasteiger partial charge in [0.25, 0.3) is 0 Å². The molecule has 0 aliphatic carbocycles. The van der Waals surface area contributed by atoms with Gasteiger partial charge >= 0.3 is 12.0 Å². The summed E-state index contributed by atoms with van der Waals surface area (Å²) in [5, 5.41) is 15.0. The number of carboxylic acids is 1. The molecule has 2 atom stereocenters. The lowest BCUT2D eigenvalue weighted by atomic mass is 10.1. The number of benzene rings is 1. The highest BCUT2D eigenvalue weighted by Gasteiger charge is 2.20. The quantitative estimate of drug-likeness (QED) is 0.744. The van der Waals surface area contributed by atoms with Crippen molar-refractivity contribution < 1.29 is 14.7 Å². The molecule has 0 aromatic heterocycles. The minimum atomic E-state index is -1.05. The molecule has 116 valence electrons. The summed E-state index contributed by atoms with van der Waals surface area (Å²) in [5.41, 5.74) is 0.707. The number of hydrogen-bond donors (Lipinski definition) is 3. The van der Waals surface area contributed by atoms with Crippen LogP contribution in [0.15, 0.2) is 18.2 Å². The maximum absolute atomic E-state index is 11.8. The van der Waals surface area contributed by atoms with Gasteiger partial charge in [-0.3, -0.25) is 0 Å². The predicted molar refractivity (Wildman–Crippen MR) is 82.9 cm³/mol. The Hall–Kier alpha value is -1.46. The van der Waals surface area contributed by atoms with E-state index in [0.29, 0.717) is 28.5 Å². The van der Waals surface area contributed by atoms with Crippen molar-refractivity contribution in [1.29, 1.82) is 0 Å². The lowest BCUT2D eigenvalue weighted by molar-refractivity contribution is -0.139. The van der Waals surface area contributed by atoms with Crippen LogP contribution in [-0.4, -0.2) is 23.1 Å². The van der Waals surface area contributed by atoms with Crippen LogP contribution < -0.4 is 10.6 Å². The van der Waals surface area contributed by atoms with Gasteiger partial charge in [-0.2, -0.15) is 0 Å². The zero-order valence-corrected chi connectivity index (χ0v) is 13.3. The normalized spacial score (nSPS) is 13.3. The minimum absolute atomic E-state index is 0.370. The number of carbonyl (C=O) groups is 2. The van der Waals surface area contributed by atoms with Crippen molar-refractivity contribution in [1.82, 2.24) is 10.6 Å². The van der Waals surface area contributed by atoms with Crippen molar-refractivity contribution in [3.63, 3.8) is 0 Å². The molecule has 5 nitrogen and oxygen atoms in total. The molecule has 0 spiro atoms. The summed E-state index contributed by atoms with van der Waals surface area (Å²) in [5.74, 6) is -1.05. The zero-order chi connectivity index (χ0) is 16.0. The fourth-order valence-corrected chi connectivity index (χ4v) is 2.45. The Labute approximate surface area is 133 Å². The van der Waals surface area contributed by atoms with E-state index in [4.69, 9.17) is 28.3 Å². The molecule has 2 amide bonds. The molecule has 0 fully saturated rings. The second kappa shape index (κ2) is 8.10. The van der Waals surface area contributed by atoms with Crippen LogP contribution in [-0.2, 0) is 4.79 Å². The van der Waals surface area contributed by atoms with E-state index in [1.807, 2.05) is 6.92 Å². The Morgan fingerprint density at radius 3 is 2.48 bits per heavy atom. The third-order valence-electron chi connectivity index (χ3n) is 2.96. The number of carbonyl (C=O) groups excluding carboxylic acids is 1. The van der Waals surface area contributed by atoms with E-state index in [0.717, 1.165) is 0 Å². The minimum Gasteiger partial charge on any atom is -0.480 e. The molecule has 1 rings (SSSR count). The highest BCUT2D eigenvalue weighted by atomic mass is 35.5. The van der Waals surface area contributed by atoms with Gasteiger partial charge < -0.3 is 15.7 Å². The smallest absolute Gasteiger partial charge is 0.326 e. The maximum atomic E-state index is 11.8. The Morgan fingerprint density at radius 2 is 1.95 bits per heavy atom. The van der Waals surface area contributed by atoms with Crippen molar-refractivity contribution in [3.8, 4) is 0 Å². The van der Waals surface area contributed by atoms with Gasteiger partial charge in [-0.1, -0.05) is 42.6 Å². The summed E-state index contributed by atoms with van der Waals surface area (Å²) in [6, 6.07) is 3.17. The molecule has 1 aromatic rings. The van der Waals surface area contributed by atoms with E-state index in [-0.39, 0.29) is 6.04 Å². The Morgan fingerprint density at radius 1 is 1.29 bits per heavy atom. The van der Waals surface area contributed by atoms with Crippen LogP contribution in [0.25, 0.3) is 0 Å². The number of amides is 2. The highest BCUT2D eigenvalue weighted by molar-refractivity contribution is 6.35. The summed E-state index contributed by atoms with van der Waals surface area (Å²) < 4.78 is 0. The van der Waals surface area contributed by atoms with Gasteiger partial charge in [-0.05, 0) is 31.0 Å². The van der Waals surface area contributed by atoms with E-state index in [1.54, 1.807) is 25.1 Å². The van der Waals surface area contributed by atoms with Crippen LogP contribution >= 0.6 is 23.2 Å². The third-order valence-corrected chi connectivity index (χ3v) is 3.52. The van der Waals surface area contributed by atoms with E-state index in [1.165, 1.54) is 0 Å². The molecule has 0 saturated heterocycles. The average Bonchev–Trinajstić information content (AvgIpc) is 2.37. The van der Waals surface area contributed by atoms with Gasteiger partial charge in [0.1, 0.15) is 6.04 Å². The molecule has 0 heterocycles. The molecule has 0 saturated carbocycles. The predicted octanol–water partition coefficient (Wildman–Crippen LogP) is 3.61. The van der Waals surface area contributed by atoms with Crippen LogP contribution in [0, 0.1) is 0 Å². The third kappa shape index (κ3) is 5.44. The fourth-order valence-electron chi connectivity index (χ4n) is 1.87. The molecule has 7 heteroatoms. The van der Waals surface area contributed by atoms with Gasteiger partial charge in [-0.25, -0.2) is 9.59 Å². The van der Waals surface area contributed by atoms with E-state index >= 15 is 0 Å². The maximum Gasteiger partial charge on any atom is 0.326 e. The van der Waals surface area contributed by atoms with Crippen LogP contribution in [0.4, 0.5) is 4.79 Å². The number of halogens is 2. The number of aliphatic carboxylic acids is 1. The standard InChI is InChI=1S/C14H18Cl2N2O3/c1-3-4-12(13(19)20)18-14(21)17-8(2)10-6-5-9(15)7-11(10)16/h5-8,12H,3-4H2,1-2H3,(H,19,20)(H2,17,18,21)/t8?,12-/m1/s1. The lowest BCUT2D eigenvalue weighted by Crippen LogP contribution is -2.46. The first kappa shape index (κ1) is 17.6. The van der Waals surface area contributed by atoms with Crippen LogP contribution in [0.1, 0.15) is 38.3 Å². The van der Waals surface area contributed by atoms with Crippen LogP contribution in [0.3, 0.4) is 0 Å². The number of carboxylic acid groups (broad SMARTS) is 1. The van der Waals surface area contributed by atoms with E-state index in [2.05, 4.69) is 10.6 Å². The number of rotatable bonds is 6. The van der Waals surface area contributed by atoms with Crippen molar-refractivity contribution in [2.75, 3.05) is 0 Å². The molecular formula is C14H18Cl2N2O3. The van der Waals surface area contributed by atoms with Gasteiger partial charge in [0.05, 0.1) is 6.04 Å². The lowest BCUT2D eigenvalue weighted by Gasteiger charge is -2.19. The SMILES string of the molecule is CCC[C@@H](NC(=O)NC(C)c1ccc(Cl)cc1Cl)C(=O)O. The Bertz CT molecular complexity index is 523. The summed E-state index contributed by atoms with van der Waals surface area (Å²) >= 11 is 11.9. The highest BCUT2D eigenvalue weighted by Crippen LogP contribution is 2.25. The zero-order valence-electron chi connectivity index (χ0n) is 11.8. The number of nitrogens with one attached hydrogen (secondary N) is 2. The Balaban J connectivity index is 2.67. The Kier molecular flexibility index (Phi) is 6.78. The van der Waals surface area contributed by atoms with Crippen molar-refractivity contribution in [2.24, 2.45) is 0 Å². The topological polar surface area (TPSA) is 78.4 Å². The summed E-state index contributed by atoms with van der Waals surface area (Å²) in [6.45, 7) is 3.61. The molecule has 1 aromatic carbocycles. The molecule has 0 radical (unpaired) electrons. The van der Waals surface area contributed by atoms with Gasteiger partial charge in [0, 0.05) is 10.0 Å². The molecule has 21 heavy (non-hydrogen) atoms. The first-order valence-electron chi connectivity index (χ1n) is 6.60. The average molecular weight is 333 g/mol. The molecular weight excluding hydrogens is 315 g/mol. The summed E-state index contributed by atoms with van der Waals surface area (Å²) in [7, 11) is 0. The van der Waals surface area contributed by atoms with Crippen molar-refractivity contribution >= 4 is 35.2 Å².